The quantitative estimate of drug-likeness (QED) is 0.745. The van der Waals surface area contributed by atoms with E-state index in [-0.39, 0.29) is 16.7 Å². The van der Waals surface area contributed by atoms with E-state index >= 15 is 0 Å². The lowest BCUT2D eigenvalue weighted by Crippen LogP contribution is -2.36. The summed E-state index contributed by atoms with van der Waals surface area (Å²) in [5.41, 5.74) is 0.901. The maximum Gasteiger partial charge on any atom is 0.250 e. The van der Waals surface area contributed by atoms with E-state index in [1.807, 2.05) is 19.1 Å². The number of methoxy groups -OCH3 is 1. The molecule has 0 fully saturated rings. The Labute approximate surface area is 145 Å². The Morgan fingerprint density at radius 3 is 2.46 bits per heavy atom. The highest BCUT2D eigenvalue weighted by molar-refractivity contribution is 7.91. The van der Waals surface area contributed by atoms with Crippen molar-refractivity contribution in [2.75, 3.05) is 13.7 Å². The number of hydrogen-bond donors (Lipinski definition) is 2. The molecule has 130 valence electrons. The molecule has 0 aliphatic carbocycles. The van der Waals surface area contributed by atoms with Gasteiger partial charge in [-0.15, -0.1) is 11.3 Å². The van der Waals surface area contributed by atoms with E-state index in [2.05, 4.69) is 10.0 Å². The van der Waals surface area contributed by atoms with E-state index in [4.69, 9.17) is 4.74 Å². The Kier molecular flexibility index (Phi) is 6.36. The maximum atomic E-state index is 12.1. The minimum Gasteiger partial charge on any atom is -0.497 e. The Balaban J connectivity index is 1.83. The molecule has 0 saturated carbocycles. The van der Waals surface area contributed by atoms with Gasteiger partial charge >= 0.3 is 0 Å². The zero-order valence-corrected chi connectivity index (χ0v) is 15.2. The van der Waals surface area contributed by atoms with Crippen molar-refractivity contribution < 1.29 is 17.9 Å². The van der Waals surface area contributed by atoms with E-state index in [9.17, 15) is 13.2 Å². The first-order valence-electron chi connectivity index (χ1n) is 7.42. The van der Waals surface area contributed by atoms with Crippen molar-refractivity contribution in [1.29, 1.82) is 0 Å². The summed E-state index contributed by atoms with van der Waals surface area (Å²) >= 11 is 1.21. The van der Waals surface area contributed by atoms with Gasteiger partial charge in [0.15, 0.2) is 0 Å². The number of aryl methyl sites for hydroxylation is 1. The van der Waals surface area contributed by atoms with Crippen molar-refractivity contribution in [3.8, 4) is 5.75 Å². The molecule has 2 rings (SSSR count). The Morgan fingerprint density at radius 2 is 1.88 bits per heavy atom. The van der Waals surface area contributed by atoms with Gasteiger partial charge in [0.05, 0.1) is 13.7 Å². The molecular formula is C16H20N2O4S2. The van der Waals surface area contributed by atoms with Crippen LogP contribution in [0.3, 0.4) is 0 Å². The molecule has 0 aliphatic rings. The SMILES string of the molecule is CCc1ccc(S(=O)(=O)NCC(=O)NCc2ccc(OC)cc2)s1. The fourth-order valence-electron chi connectivity index (χ4n) is 1.93. The first kappa shape index (κ1) is 18.4. The van der Waals surface area contributed by atoms with Gasteiger partial charge in [0.1, 0.15) is 9.96 Å². The summed E-state index contributed by atoms with van der Waals surface area (Å²) in [5.74, 6) is 0.349. The van der Waals surface area contributed by atoms with Crippen molar-refractivity contribution in [1.82, 2.24) is 10.0 Å². The fraction of sp³-hybridized carbons (Fsp3) is 0.312. The van der Waals surface area contributed by atoms with E-state index in [1.54, 1.807) is 31.4 Å². The van der Waals surface area contributed by atoms with Crippen LogP contribution in [0.1, 0.15) is 17.4 Å². The fourth-order valence-corrected chi connectivity index (χ4v) is 4.25. The van der Waals surface area contributed by atoms with Gasteiger partial charge in [-0.2, -0.15) is 0 Å². The highest BCUT2D eigenvalue weighted by atomic mass is 32.2. The molecule has 2 aromatic rings. The Morgan fingerprint density at radius 1 is 1.17 bits per heavy atom. The molecule has 1 aromatic heterocycles. The lowest BCUT2D eigenvalue weighted by molar-refractivity contribution is -0.120. The van der Waals surface area contributed by atoms with Gasteiger partial charge in [-0.05, 0) is 36.2 Å². The lowest BCUT2D eigenvalue weighted by Gasteiger charge is -2.07. The summed E-state index contributed by atoms with van der Waals surface area (Å²) in [6.07, 6.45) is 0.780. The van der Waals surface area contributed by atoms with Crippen LogP contribution in [0.15, 0.2) is 40.6 Å². The molecular weight excluding hydrogens is 348 g/mol. The first-order chi connectivity index (χ1) is 11.4. The summed E-state index contributed by atoms with van der Waals surface area (Å²) in [6.45, 7) is 1.99. The molecule has 8 heteroatoms. The second kappa shape index (κ2) is 8.27. The summed E-state index contributed by atoms with van der Waals surface area (Å²) in [6, 6.07) is 10.6. The number of nitrogens with one attached hydrogen (secondary N) is 2. The Bertz CT molecular complexity index is 783. The van der Waals surface area contributed by atoms with Crippen LogP contribution >= 0.6 is 11.3 Å². The molecule has 0 unspecified atom stereocenters. The van der Waals surface area contributed by atoms with E-state index in [0.717, 1.165) is 22.6 Å². The number of hydrogen-bond acceptors (Lipinski definition) is 5. The third kappa shape index (κ3) is 5.05. The number of amides is 1. The molecule has 2 N–H and O–H groups in total. The first-order valence-corrected chi connectivity index (χ1v) is 9.72. The minimum absolute atomic E-state index is 0.224. The molecule has 1 heterocycles. The topological polar surface area (TPSA) is 84.5 Å². The van der Waals surface area contributed by atoms with Gasteiger partial charge in [-0.1, -0.05) is 19.1 Å². The predicted octanol–water partition coefficient (Wildman–Crippen LogP) is 1.91. The summed E-state index contributed by atoms with van der Waals surface area (Å²) in [5, 5.41) is 2.67. The highest BCUT2D eigenvalue weighted by Gasteiger charge is 2.17. The summed E-state index contributed by atoms with van der Waals surface area (Å²) in [7, 11) is -2.06. The highest BCUT2D eigenvalue weighted by Crippen LogP contribution is 2.21. The van der Waals surface area contributed by atoms with Crippen LogP contribution in [0.5, 0.6) is 5.75 Å². The second-order valence-electron chi connectivity index (χ2n) is 5.02. The van der Waals surface area contributed by atoms with Crippen LogP contribution in [0, 0.1) is 0 Å². The van der Waals surface area contributed by atoms with Gasteiger partial charge in [0.25, 0.3) is 10.0 Å². The van der Waals surface area contributed by atoms with E-state index in [0.29, 0.717) is 6.54 Å². The third-order valence-corrected chi connectivity index (χ3v) is 6.44. The number of rotatable bonds is 8. The molecule has 6 nitrogen and oxygen atoms in total. The number of ether oxygens (including phenoxy) is 1. The Hall–Kier alpha value is -1.90. The summed E-state index contributed by atoms with van der Waals surface area (Å²) in [4.78, 5) is 12.8. The number of carbonyl (C=O) groups excluding carboxylic acids is 1. The monoisotopic (exact) mass is 368 g/mol. The number of sulfonamides is 1. The number of thiophene rings is 1. The third-order valence-electron chi connectivity index (χ3n) is 3.32. The molecule has 0 aliphatic heterocycles. The standard InChI is InChI=1S/C16H20N2O4S2/c1-3-14-8-9-16(23-14)24(20,21)18-11-15(19)17-10-12-4-6-13(22-2)7-5-12/h4-9,18H,3,10-11H2,1-2H3,(H,17,19). The number of benzene rings is 1. The average Bonchev–Trinajstić information content (AvgIpc) is 3.09. The second-order valence-corrected chi connectivity index (χ2v) is 8.19. The van der Waals surface area contributed by atoms with Crippen LogP contribution in [0.2, 0.25) is 0 Å². The molecule has 0 spiro atoms. The number of carbonyl (C=O) groups is 1. The normalized spacial score (nSPS) is 11.2. The van der Waals surface area contributed by atoms with Crippen LogP contribution in [0.4, 0.5) is 0 Å². The molecule has 0 radical (unpaired) electrons. The van der Waals surface area contributed by atoms with Crippen molar-refractivity contribution in [3.63, 3.8) is 0 Å². The molecule has 24 heavy (non-hydrogen) atoms. The van der Waals surface area contributed by atoms with E-state index < -0.39 is 10.0 Å². The average molecular weight is 368 g/mol. The van der Waals surface area contributed by atoms with Gasteiger partial charge in [0, 0.05) is 11.4 Å². The smallest absolute Gasteiger partial charge is 0.250 e. The zero-order chi connectivity index (χ0) is 17.6. The van der Waals surface area contributed by atoms with E-state index in [1.165, 1.54) is 11.3 Å². The molecule has 1 aromatic carbocycles. The van der Waals surface area contributed by atoms with Crippen molar-refractivity contribution in [2.45, 2.75) is 24.1 Å². The molecule has 0 bridgehead atoms. The molecule has 1 amide bonds. The van der Waals surface area contributed by atoms with Gasteiger partial charge < -0.3 is 10.1 Å². The molecule has 0 saturated heterocycles. The molecule has 0 atom stereocenters. The van der Waals surface area contributed by atoms with Crippen LogP contribution in [0.25, 0.3) is 0 Å². The van der Waals surface area contributed by atoms with Crippen LogP contribution in [-0.2, 0) is 27.8 Å². The maximum absolute atomic E-state index is 12.1. The van der Waals surface area contributed by atoms with Gasteiger partial charge in [0.2, 0.25) is 5.91 Å². The van der Waals surface area contributed by atoms with Crippen molar-refractivity contribution >= 4 is 27.3 Å². The largest absolute Gasteiger partial charge is 0.497 e. The van der Waals surface area contributed by atoms with Crippen molar-refractivity contribution in [3.05, 3.63) is 46.8 Å². The van der Waals surface area contributed by atoms with Gasteiger partial charge in [-0.3, -0.25) is 4.79 Å². The lowest BCUT2D eigenvalue weighted by atomic mass is 10.2. The van der Waals surface area contributed by atoms with Crippen molar-refractivity contribution in [2.24, 2.45) is 0 Å². The van der Waals surface area contributed by atoms with Gasteiger partial charge in [-0.25, -0.2) is 13.1 Å². The minimum atomic E-state index is -3.65. The van der Waals surface area contributed by atoms with Crippen LogP contribution < -0.4 is 14.8 Å². The summed E-state index contributed by atoms with van der Waals surface area (Å²) < 4.78 is 31.8. The zero-order valence-electron chi connectivity index (χ0n) is 13.5. The van der Waals surface area contributed by atoms with Crippen LogP contribution in [-0.4, -0.2) is 28.0 Å². The predicted molar refractivity (Wildman–Crippen MR) is 93.7 cm³/mol.